The lowest BCUT2D eigenvalue weighted by Crippen LogP contribution is -2.32. The lowest BCUT2D eigenvalue weighted by atomic mass is 10.1. The minimum Gasteiger partial charge on any atom is -0.465 e. The molecule has 1 unspecified atom stereocenters. The van der Waals surface area contributed by atoms with Gasteiger partial charge in [0.25, 0.3) is 6.47 Å². The number of aryl methyl sites for hydroxylation is 1. The maximum absolute atomic E-state index is 11.0. The van der Waals surface area contributed by atoms with Gasteiger partial charge in [0.05, 0.1) is 18.7 Å². The van der Waals surface area contributed by atoms with Crippen molar-refractivity contribution >= 4 is 12.4 Å². The first-order valence-corrected chi connectivity index (χ1v) is 6.55. The zero-order valence-electron chi connectivity index (χ0n) is 12.6. The highest BCUT2D eigenvalue weighted by molar-refractivity contribution is 5.78. The van der Waals surface area contributed by atoms with E-state index >= 15 is 0 Å². The fourth-order valence-electron chi connectivity index (χ4n) is 1.35. The summed E-state index contributed by atoms with van der Waals surface area (Å²) >= 11 is 0. The molecule has 1 amide bonds. The van der Waals surface area contributed by atoms with Gasteiger partial charge >= 0.3 is 0 Å². The SMILES string of the molecule is CC(C)OC=O.Cc1ccc(C(C)NC(=O)CN)cc1. The summed E-state index contributed by atoms with van der Waals surface area (Å²) in [6.07, 6.45) is 0.0301. The van der Waals surface area contributed by atoms with Crippen molar-refractivity contribution in [2.45, 2.75) is 39.8 Å². The minimum absolute atomic E-state index is 0.0200. The number of nitrogens with one attached hydrogen (secondary N) is 1. The number of ether oxygens (including phenoxy) is 1. The molecule has 0 aliphatic carbocycles. The van der Waals surface area contributed by atoms with E-state index in [1.165, 1.54) is 5.56 Å². The molecule has 1 aromatic carbocycles. The highest BCUT2D eigenvalue weighted by atomic mass is 16.5. The molecule has 0 aromatic heterocycles. The Kier molecular flexibility index (Phi) is 9.04. The van der Waals surface area contributed by atoms with Crippen LogP contribution in [0.2, 0.25) is 0 Å². The second-order valence-corrected chi connectivity index (χ2v) is 4.69. The van der Waals surface area contributed by atoms with E-state index < -0.39 is 0 Å². The minimum atomic E-state index is -0.127. The zero-order valence-corrected chi connectivity index (χ0v) is 12.6. The average Bonchev–Trinajstić information content (AvgIpc) is 2.39. The molecule has 3 N–H and O–H groups in total. The number of rotatable bonds is 5. The molecule has 1 rings (SSSR count). The highest BCUT2D eigenvalue weighted by Gasteiger charge is 2.06. The van der Waals surface area contributed by atoms with E-state index in [0.29, 0.717) is 6.47 Å². The molecule has 0 heterocycles. The molecule has 20 heavy (non-hydrogen) atoms. The first kappa shape index (κ1) is 18.1. The molecule has 0 saturated carbocycles. The Morgan fingerprint density at radius 3 is 2.20 bits per heavy atom. The van der Waals surface area contributed by atoms with Gasteiger partial charge in [-0.15, -0.1) is 0 Å². The largest absolute Gasteiger partial charge is 0.465 e. The van der Waals surface area contributed by atoms with Crippen LogP contribution in [0.4, 0.5) is 0 Å². The number of hydrogen-bond donors (Lipinski definition) is 2. The number of nitrogens with two attached hydrogens (primary N) is 1. The lowest BCUT2D eigenvalue weighted by molar-refractivity contribution is -0.132. The first-order valence-electron chi connectivity index (χ1n) is 6.55. The highest BCUT2D eigenvalue weighted by Crippen LogP contribution is 2.12. The molecule has 0 spiro atoms. The summed E-state index contributed by atoms with van der Waals surface area (Å²) in [5.74, 6) is -0.127. The smallest absolute Gasteiger partial charge is 0.293 e. The van der Waals surface area contributed by atoms with Crippen molar-refractivity contribution in [3.8, 4) is 0 Å². The van der Waals surface area contributed by atoms with Crippen LogP contribution in [0, 0.1) is 6.92 Å². The zero-order chi connectivity index (χ0) is 15.5. The number of carbonyl (C=O) groups excluding carboxylic acids is 2. The van der Waals surface area contributed by atoms with Crippen LogP contribution in [-0.4, -0.2) is 25.0 Å². The van der Waals surface area contributed by atoms with Crippen molar-refractivity contribution in [2.75, 3.05) is 6.54 Å². The molecular weight excluding hydrogens is 256 g/mol. The molecule has 112 valence electrons. The van der Waals surface area contributed by atoms with E-state index in [9.17, 15) is 9.59 Å². The third kappa shape index (κ3) is 8.26. The first-order chi connectivity index (χ1) is 9.40. The summed E-state index contributed by atoms with van der Waals surface area (Å²) in [7, 11) is 0. The molecule has 0 fully saturated rings. The Balaban J connectivity index is 0.000000511. The van der Waals surface area contributed by atoms with E-state index in [1.807, 2.05) is 38.1 Å². The van der Waals surface area contributed by atoms with E-state index in [4.69, 9.17) is 5.73 Å². The monoisotopic (exact) mass is 280 g/mol. The topological polar surface area (TPSA) is 81.4 Å². The van der Waals surface area contributed by atoms with Gasteiger partial charge < -0.3 is 15.8 Å². The predicted octanol–water partition coefficient (Wildman–Crippen LogP) is 1.70. The van der Waals surface area contributed by atoms with Crippen LogP contribution in [-0.2, 0) is 14.3 Å². The summed E-state index contributed by atoms with van der Waals surface area (Å²) in [5.41, 5.74) is 7.52. The van der Waals surface area contributed by atoms with Gasteiger partial charge in [0, 0.05) is 0 Å². The van der Waals surface area contributed by atoms with Crippen molar-refractivity contribution in [1.29, 1.82) is 0 Å². The van der Waals surface area contributed by atoms with Gasteiger partial charge in [0.2, 0.25) is 5.91 Å². The lowest BCUT2D eigenvalue weighted by Gasteiger charge is -2.13. The third-order valence-electron chi connectivity index (χ3n) is 2.47. The summed E-state index contributed by atoms with van der Waals surface area (Å²) in [4.78, 5) is 20.4. The van der Waals surface area contributed by atoms with E-state index in [0.717, 1.165) is 5.56 Å². The van der Waals surface area contributed by atoms with E-state index in [2.05, 4.69) is 10.1 Å². The van der Waals surface area contributed by atoms with Crippen LogP contribution in [0.15, 0.2) is 24.3 Å². The van der Waals surface area contributed by atoms with Crippen LogP contribution in [0.3, 0.4) is 0 Å². The van der Waals surface area contributed by atoms with Gasteiger partial charge in [0.1, 0.15) is 0 Å². The predicted molar refractivity (Wildman–Crippen MR) is 79.1 cm³/mol. The summed E-state index contributed by atoms with van der Waals surface area (Å²) in [6, 6.07) is 8.10. The van der Waals surface area contributed by atoms with Gasteiger partial charge in [-0.3, -0.25) is 9.59 Å². The molecule has 1 aromatic rings. The van der Waals surface area contributed by atoms with Gasteiger partial charge in [-0.2, -0.15) is 0 Å². The Labute approximate surface area is 120 Å². The van der Waals surface area contributed by atoms with Crippen molar-refractivity contribution < 1.29 is 14.3 Å². The molecule has 0 saturated heterocycles. The number of hydrogen-bond acceptors (Lipinski definition) is 4. The molecule has 1 atom stereocenters. The van der Waals surface area contributed by atoms with Crippen LogP contribution in [0.25, 0.3) is 0 Å². The summed E-state index contributed by atoms with van der Waals surface area (Å²) < 4.78 is 4.36. The third-order valence-corrected chi connectivity index (χ3v) is 2.47. The Morgan fingerprint density at radius 2 is 1.85 bits per heavy atom. The van der Waals surface area contributed by atoms with Crippen LogP contribution >= 0.6 is 0 Å². The summed E-state index contributed by atoms with van der Waals surface area (Å²) in [5, 5.41) is 2.80. The number of amides is 1. The van der Waals surface area contributed by atoms with Crippen molar-refractivity contribution in [2.24, 2.45) is 5.73 Å². The Morgan fingerprint density at radius 1 is 1.30 bits per heavy atom. The van der Waals surface area contributed by atoms with Gasteiger partial charge in [0.15, 0.2) is 0 Å². The van der Waals surface area contributed by atoms with Crippen molar-refractivity contribution in [1.82, 2.24) is 5.32 Å². The maximum Gasteiger partial charge on any atom is 0.293 e. The maximum atomic E-state index is 11.0. The molecule has 0 radical (unpaired) electrons. The number of benzene rings is 1. The quantitative estimate of drug-likeness (QED) is 0.804. The van der Waals surface area contributed by atoms with Gasteiger partial charge in [-0.1, -0.05) is 29.8 Å². The van der Waals surface area contributed by atoms with E-state index in [1.54, 1.807) is 13.8 Å². The average molecular weight is 280 g/mol. The van der Waals surface area contributed by atoms with Crippen molar-refractivity contribution in [3.63, 3.8) is 0 Å². The summed E-state index contributed by atoms with van der Waals surface area (Å²) in [6.45, 7) is 8.06. The van der Waals surface area contributed by atoms with Gasteiger partial charge in [-0.05, 0) is 33.3 Å². The van der Waals surface area contributed by atoms with E-state index in [-0.39, 0.29) is 24.6 Å². The number of carbonyl (C=O) groups is 2. The standard InChI is InChI=1S/C11H16N2O.C4H8O2/c1-8-3-5-10(6-4-8)9(2)13-11(14)7-12;1-4(2)6-3-5/h3-6,9H,7,12H2,1-2H3,(H,13,14);3-4H,1-2H3. The molecule has 0 bridgehead atoms. The fourth-order valence-corrected chi connectivity index (χ4v) is 1.35. The second kappa shape index (κ2) is 9.97. The molecule has 5 nitrogen and oxygen atoms in total. The second-order valence-electron chi connectivity index (χ2n) is 4.69. The molecule has 0 aliphatic rings. The normalized spacial score (nSPS) is 11.1. The Bertz CT molecular complexity index is 402. The Hall–Kier alpha value is -1.88. The van der Waals surface area contributed by atoms with Crippen LogP contribution in [0.1, 0.15) is 37.9 Å². The van der Waals surface area contributed by atoms with Crippen LogP contribution in [0.5, 0.6) is 0 Å². The van der Waals surface area contributed by atoms with Crippen molar-refractivity contribution in [3.05, 3.63) is 35.4 Å². The molecular formula is C15H24N2O3. The molecule has 0 aliphatic heterocycles. The molecule has 5 heteroatoms. The fraction of sp³-hybridized carbons (Fsp3) is 0.467. The van der Waals surface area contributed by atoms with Gasteiger partial charge in [-0.25, -0.2) is 0 Å². The van der Waals surface area contributed by atoms with Crippen LogP contribution < -0.4 is 11.1 Å².